The summed E-state index contributed by atoms with van der Waals surface area (Å²) in [6, 6.07) is 17.8. The zero-order valence-electron chi connectivity index (χ0n) is 21.5. The van der Waals surface area contributed by atoms with Crippen LogP contribution in [0.4, 0.5) is 5.69 Å². The summed E-state index contributed by atoms with van der Waals surface area (Å²) in [4.78, 5) is 42.1. The van der Waals surface area contributed by atoms with Crippen molar-refractivity contribution in [2.45, 2.75) is 25.8 Å². The van der Waals surface area contributed by atoms with Crippen molar-refractivity contribution in [1.29, 1.82) is 0 Å². The lowest BCUT2D eigenvalue weighted by Crippen LogP contribution is -2.31. The summed E-state index contributed by atoms with van der Waals surface area (Å²) >= 11 is 0. The van der Waals surface area contributed by atoms with Crippen LogP contribution in [0.2, 0.25) is 0 Å². The maximum atomic E-state index is 13.4. The van der Waals surface area contributed by atoms with Crippen LogP contribution in [-0.2, 0) is 22.4 Å². The van der Waals surface area contributed by atoms with E-state index in [-0.39, 0.29) is 23.4 Å². The zero-order chi connectivity index (χ0) is 27.7. The Bertz CT molecular complexity index is 1620. The van der Waals surface area contributed by atoms with Crippen LogP contribution in [0.25, 0.3) is 16.7 Å². The number of carbonyl (C=O) groups is 2. The molecule has 198 valence electrons. The van der Waals surface area contributed by atoms with Crippen LogP contribution < -0.4 is 4.74 Å². The number of nitrogens with one attached hydrogen (secondary N) is 1. The minimum atomic E-state index is -0.852. The number of amides is 1. The Balaban J connectivity index is 1.57. The molecule has 1 amide bonds. The quantitative estimate of drug-likeness (QED) is 0.106. The third kappa shape index (κ3) is 4.74. The van der Waals surface area contributed by atoms with Gasteiger partial charge >= 0.3 is 0 Å². The van der Waals surface area contributed by atoms with Gasteiger partial charge in [-0.25, -0.2) is 0 Å². The number of aryl methyl sites for hydroxylation is 1. The summed E-state index contributed by atoms with van der Waals surface area (Å²) in [6.07, 6.45) is 3.13. The van der Waals surface area contributed by atoms with Gasteiger partial charge in [-0.15, -0.1) is 0 Å². The van der Waals surface area contributed by atoms with Crippen molar-refractivity contribution in [3.63, 3.8) is 0 Å². The minimum absolute atomic E-state index is 0.0923. The molecule has 9 nitrogen and oxygen atoms in total. The number of hydrogen-bond acceptors (Lipinski definition) is 6. The fourth-order valence-corrected chi connectivity index (χ4v) is 5.05. The zero-order valence-corrected chi connectivity index (χ0v) is 21.5. The van der Waals surface area contributed by atoms with E-state index in [1.54, 1.807) is 7.11 Å². The number of ether oxygens (including phenoxy) is 1. The maximum absolute atomic E-state index is 13.4. The molecule has 1 atom stereocenters. The summed E-state index contributed by atoms with van der Waals surface area (Å²) in [5.41, 5.74) is 3.40. The summed E-state index contributed by atoms with van der Waals surface area (Å²) in [6.45, 7) is 2.24. The molecule has 2 heterocycles. The first-order valence-corrected chi connectivity index (χ1v) is 12.6. The predicted molar refractivity (Wildman–Crippen MR) is 146 cm³/mol. The van der Waals surface area contributed by atoms with Crippen molar-refractivity contribution in [2.75, 3.05) is 13.7 Å². The van der Waals surface area contributed by atoms with Gasteiger partial charge in [0, 0.05) is 41.3 Å². The van der Waals surface area contributed by atoms with Crippen molar-refractivity contribution in [1.82, 2.24) is 9.88 Å². The number of aromatic nitrogens is 1. The van der Waals surface area contributed by atoms with Gasteiger partial charge in [-0.05, 0) is 47.7 Å². The molecule has 5 rings (SSSR count). The van der Waals surface area contributed by atoms with E-state index in [1.807, 2.05) is 55.6 Å². The molecule has 1 fully saturated rings. The first kappa shape index (κ1) is 25.7. The number of methoxy groups -OCH3 is 1. The summed E-state index contributed by atoms with van der Waals surface area (Å²) < 4.78 is 5.36. The number of likely N-dealkylation sites (tertiary alicyclic amines) is 1. The monoisotopic (exact) mass is 525 g/mol. The van der Waals surface area contributed by atoms with Crippen molar-refractivity contribution >= 4 is 34.0 Å². The van der Waals surface area contributed by atoms with E-state index in [0.717, 1.165) is 28.5 Å². The van der Waals surface area contributed by atoms with Gasteiger partial charge in [0.05, 0.1) is 23.6 Å². The normalized spacial score (nSPS) is 16.7. The van der Waals surface area contributed by atoms with Gasteiger partial charge in [0.1, 0.15) is 11.5 Å². The number of carbonyl (C=O) groups excluding carboxylic acids is 2. The second kappa shape index (κ2) is 10.4. The molecular formula is C30H27N3O6. The van der Waals surface area contributed by atoms with Crippen LogP contribution in [0.1, 0.15) is 35.2 Å². The number of non-ortho nitro benzene ring substituents is 1. The van der Waals surface area contributed by atoms with Crippen LogP contribution in [-0.4, -0.2) is 45.3 Å². The molecular weight excluding hydrogens is 498 g/mol. The second-order valence-electron chi connectivity index (χ2n) is 9.37. The molecule has 1 unspecified atom stereocenters. The van der Waals surface area contributed by atoms with Crippen LogP contribution >= 0.6 is 0 Å². The van der Waals surface area contributed by atoms with Gasteiger partial charge in [0.25, 0.3) is 17.4 Å². The van der Waals surface area contributed by atoms with Crippen molar-refractivity contribution in [3.05, 3.63) is 111 Å². The van der Waals surface area contributed by atoms with Gasteiger partial charge in [-0.2, -0.15) is 0 Å². The summed E-state index contributed by atoms with van der Waals surface area (Å²) in [5, 5.41) is 23.5. The second-order valence-corrected chi connectivity index (χ2v) is 9.37. The highest BCUT2D eigenvalue weighted by Crippen LogP contribution is 2.40. The molecule has 1 aliphatic heterocycles. The summed E-state index contributed by atoms with van der Waals surface area (Å²) in [5.74, 6) is -1.30. The van der Waals surface area contributed by atoms with Crippen LogP contribution in [0.5, 0.6) is 5.75 Å². The van der Waals surface area contributed by atoms with E-state index < -0.39 is 28.4 Å². The number of aliphatic hydroxyl groups is 1. The number of nitro groups is 1. The van der Waals surface area contributed by atoms with Crippen molar-refractivity contribution in [3.8, 4) is 5.75 Å². The molecule has 1 saturated heterocycles. The fourth-order valence-electron chi connectivity index (χ4n) is 5.05. The molecule has 1 aromatic heterocycles. The first-order valence-electron chi connectivity index (χ1n) is 12.6. The van der Waals surface area contributed by atoms with E-state index in [4.69, 9.17) is 4.74 Å². The van der Waals surface area contributed by atoms with Gasteiger partial charge in [-0.3, -0.25) is 19.7 Å². The van der Waals surface area contributed by atoms with E-state index in [2.05, 4.69) is 4.98 Å². The lowest BCUT2D eigenvalue weighted by atomic mass is 9.94. The number of nitro benzene ring substituents is 1. The lowest BCUT2D eigenvalue weighted by molar-refractivity contribution is -0.384. The number of hydrogen-bond donors (Lipinski definition) is 2. The Morgan fingerprint density at radius 1 is 1.10 bits per heavy atom. The number of benzene rings is 3. The number of rotatable bonds is 8. The predicted octanol–water partition coefficient (Wildman–Crippen LogP) is 5.31. The number of nitrogens with zero attached hydrogens (tertiary/aromatic N) is 2. The largest absolute Gasteiger partial charge is 0.507 e. The fraction of sp³-hybridized carbons (Fsp3) is 0.200. The van der Waals surface area contributed by atoms with E-state index in [1.165, 1.54) is 29.2 Å². The van der Waals surface area contributed by atoms with E-state index in [9.17, 15) is 24.8 Å². The topological polar surface area (TPSA) is 126 Å². The van der Waals surface area contributed by atoms with Crippen molar-refractivity contribution < 1.29 is 24.4 Å². The number of fused-ring (bicyclic) bond motifs is 1. The third-order valence-corrected chi connectivity index (χ3v) is 7.17. The third-order valence-electron chi connectivity index (χ3n) is 7.17. The molecule has 0 spiro atoms. The number of aromatic amines is 1. The first-order chi connectivity index (χ1) is 18.8. The van der Waals surface area contributed by atoms with Crippen LogP contribution in [0.3, 0.4) is 0 Å². The Labute approximate surface area is 224 Å². The average molecular weight is 526 g/mol. The van der Waals surface area contributed by atoms with E-state index in [0.29, 0.717) is 17.7 Å². The molecule has 0 bridgehead atoms. The number of H-pyrrole nitrogens is 1. The van der Waals surface area contributed by atoms with Gasteiger partial charge < -0.3 is 19.7 Å². The molecule has 2 N–H and O–H groups in total. The minimum Gasteiger partial charge on any atom is -0.507 e. The van der Waals surface area contributed by atoms with Crippen LogP contribution in [0, 0.1) is 10.1 Å². The molecule has 4 aromatic rings. The lowest BCUT2D eigenvalue weighted by Gasteiger charge is -2.25. The van der Waals surface area contributed by atoms with Crippen LogP contribution in [0.15, 0.2) is 78.5 Å². The molecule has 0 aliphatic carbocycles. The number of Topliss-reactive ketones (excluding diaryl/α,β-unsaturated/α-hetero) is 1. The molecule has 0 radical (unpaired) electrons. The standard InChI is InChI=1S/C30H27N3O6/c1-3-18-7-9-19(10-8-18)27-26(28(34)20-5-4-6-22(15-20)33(37)38)29(35)30(36)32(27)14-13-21-17-31-25-12-11-23(39-2)16-24(21)25/h4-12,15-17,27,31,34H,3,13-14H2,1-2H3/b28-26-. The van der Waals surface area contributed by atoms with Crippen molar-refractivity contribution in [2.24, 2.45) is 0 Å². The smallest absolute Gasteiger partial charge is 0.295 e. The molecule has 39 heavy (non-hydrogen) atoms. The average Bonchev–Trinajstić information content (AvgIpc) is 3.48. The molecule has 1 aliphatic rings. The Morgan fingerprint density at radius 2 is 1.87 bits per heavy atom. The van der Waals surface area contributed by atoms with Gasteiger partial charge in [-0.1, -0.05) is 43.3 Å². The Kier molecular flexibility index (Phi) is 6.89. The van der Waals surface area contributed by atoms with E-state index >= 15 is 0 Å². The number of aliphatic hydroxyl groups excluding tert-OH is 1. The molecule has 0 saturated carbocycles. The summed E-state index contributed by atoms with van der Waals surface area (Å²) in [7, 11) is 1.60. The Morgan fingerprint density at radius 3 is 2.56 bits per heavy atom. The Hall–Kier alpha value is -4.92. The highest BCUT2D eigenvalue weighted by atomic mass is 16.6. The van der Waals surface area contributed by atoms with Gasteiger partial charge in [0.15, 0.2) is 0 Å². The SMILES string of the molecule is CCc1ccc(C2/C(=C(/O)c3cccc([N+](=O)[O-])c3)C(=O)C(=O)N2CCc2c[nH]c3ccc(OC)cc23)cc1. The molecule has 3 aromatic carbocycles. The highest BCUT2D eigenvalue weighted by Gasteiger charge is 2.46. The van der Waals surface area contributed by atoms with Gasteiger partial charge in [0.2, 0.25) is 0 Å². The molecule has 9 heteroatoms. The maximum Gasteiger partial charge on any atom is 0.295 e. The highest BCUT2D eigenvalue weighted by molar-refractivity contribution is 6.46. The number of ketones is 1.